The lowest BCUT2D eigenvalue weighted by Gasteiger charge is -2.31. The highest BCUT2D eigenvalue weighted by Crippen LogP contribution is 2.28. The number of sulfonamides is 1. The minimum atomic E-state index is -3.35. The zero-order valence-corrected chi connectivity index (χ0v) is 13.1. The van der Waals surface area contributed by atoms with E-state index in [4.69, 9.17) is 11.6 Å². The van der Waals surface area contributed by atoms with E-state index in [1.807, 2.05) is 12.1 Å². The van der Waals surface area contributed by atoms with Crippen LogP contribution >= 0.6 is 11.6 Å². The van der Waals surface area contributed by atoms with Crippen LogP contribution in [0.5, 0.6) is 0 Å². The maximum Gasteiger partial charge on any atom is 0.243 e. The summed E-state index contributed by atoms with van der Waals surface area (Å²) in [6, 6.07) is 5.63. The molecular weight excluding hydrogens is 294 g/mol. The van der Waals surface area contributed by atoms with E-state index in [0.29, 0.717) is 23.9 Å². The third-order valence-electron chi connectivity index (χ3n) is 4.41. The van der Waals surface area contributed by atoms with Crippen molar-refractivity contribution in [1.82, 2.24) is 4.31 Å². The molecule has 3 nitrogen and oxygen atoms in total. The van der Waals surface area contributed by atoms with Crippen molar-refractivity contribution in [3.05, 3.63) is 29.3 Å². The third-order valence-corrected chi connectivity index (χ3v) is 6.71. The fourth-order valence-corrected chi connectivity index (χ4v) is 5.09. The number of halogens is 1. The van der Waals surface area contributed by atoms with E-state index in [2.05, 4.69) is 0 Å². The summed E-state index contributed by atoms with van der Waals surface area (Å²) in [5.74, 6) is 0.825. The van der Waals surface area contributed by atoms with Gasteiger partial charge in [-0.3, -0.25) is 0 Å². The minimum absolute atomic E-state index is 0.287. The van der Waals surface area contributed by atoms with Gasteiger partial charge in [0.25, 0.3) is 0 Å². The number of aryl methyl sites for hydroxylation is 2. The second-order valence-corrected chi connectivity index (χ2v) is 8.06. The average molecular weight is 314 g/mol. The van der Waals surface area contributed by atoms with Gasteiger partial charge in [-0.05, 0) is 61.3 Å². The van der Waals surface area contributed by atoms with Crippen LogP contribution in [-0.2, 0) is 22.9 Å². The quantitative estimate of drug-likeness (QED) is 0.805. The van der Waals surface area contributed by atoms with Gasteiger partial charge in [0.1, 0.15) is 0 Å². The van der Waals surface area contributed by atoms with Crippen molar-refractivity contribution < 1.29 is 8.42 Å². The fourth-order valence-electron chi connectivity index (χ4n) is 3.23. The summed E-state index contributed by atoms with van der Waals surface area (Å²) in [6.45, 7) is 1.18. The number of hydrogen-bond donors (Lipinski definition) is 0. The van der Waals surface area contributed by atoms with Crippen LogP contribution in [0, 0.1) is 5.92 Å². The van der Waals surface area contributed by atoms with Crippen LogP contribution in [0.4, 0.5) is 0 Å². The molecule has 20 heavy (non-hydrogen) atoms. The Morgan fingerprint density at radius 1 is 1.20 bits per heavy atom. The molecular formula is C15H20ClNO2S. The van der Waals surface area contributed by atoms with Gasteiger partial charge < -0.3 is 0 Å². The van der Waals surface area contributed by atoms with Gasteiger partial charge in [-0.2, -0.15) is 4.31 Å². The second kappa shape index (κ2) is 5.66. The SMILES string of the molecule is O=S(=O)(c1ccc2c(c1)CCC2)N1CCCC(CCl)C1. The Hall–Kier alpha value is -0.580. The normalized spacial score (nSPS) is 23.8. The molecule has 0 bridgehead atoms. The molecule has 110 valence electrons. The Morgan fingerprint density at radius 2 is 2.00 bits per heavy atom. The summed E-state index contributed by atoms with van der Waals surface area (Å²) in [5, 5.41) is 0. The van der Waals surface area contributed by atoms with E-state index in [0.717, 1.165) is 32.1 Å². The number of piperidine rings is 1. The minimum Gasteiger partial charge on any atom is -0.207 e. The summed E-state index contributed by atoms with van der Waals surface area (Å²) in [6.07, 6.45) is 5.15. The van der Waals surface area contributed by atoms with Crippen LogP contribution < -0.4 is 0 Å². The van der Waals surface area contributed by atoms with Gasteiger partial charge in [-0.25, -0.2) is 8.42 Å². The van der Waals surface area contributed by atoms with Crippen LogP contribution in [-0.4, -0.2) is 31.7 Å². The Kier molecular flexibility index (Phi) is 4.07. The molecule has 0 saturated carbocycles. The average Bonchev–Trinajstić information content (AvgIpc) is 2.94. The third kappa shape index (κ3) is 2.61. The molecule has 1 atom stereocenters. The topological polar surface area (TPSA) is 37.4 Å². The fraction of sp³-hybridized carbons (Fsp3) is 0.600. The van der Waals surface area contributed by atoms with Crippen LogP contribution in [0.1, 0.15) is 30.4 Å². The smallest absolute Gasteiger partial charge is 0.207 e. The summed E-state index contributed by atoms with van der Waals surface area (Å²) >= 11 is 5.90. The van der Waals surface area contributed by atoms with Gasteiger partial charge in [-0.15, -0.1) is 11.6 Å². The van der Waals surface area contributed by atoms with Gasteiger partial charge in [0.2, 0.25) is 10.0 Å². The summed E-state index contributed by atoms with van der Waals surface area (Å²) in [4.78, 5) is 0.452. The number of alkyl halides is 1. The molecule has 1 aromatic carbocycles. The van der Waals surface area contributed by atoms with Crippen LogP contribution in [0.15, 0.2) is 23.1 Å². The highest BCUT2D eigenvalue weighted by atomic mass is 35.5. The van der Waals surface area contributed by atoms with Crippen LogP contribution in [0.3, 0.4) is 0 Å². The Morgan fingerprint density at radius 3 is 2.80 bits per heavy atom. The number of benzene rings is 1. The monoisotopic (exact) mass is 313 g/mol. The highest BCUT2D eigenvalue weighted by molar-refractivity contribution is 7.89. The molecule has 2 aliphatic rings. The van der Waals surface area contributed by atoms with Gasteiger partial charge >= 0.3 is 0 Å². The maximum atomic E-state index is 12.7. The molecule has 1 heterocycles. The zero-order valence-electron chi connectivity index (χ0n) is 11.5. The molecule has 0 radical (unpaired) electrons. The largest absolute Gasteiger partial charge is 0.243 e. The van der Waals surface area contributed by atoms with Crippen molar-refractivity contribution in [2.24, 2.45) is 5.92 Å². The number of hydrogen-bond acceptors (Lipinski definition) is 2. The van der Waals surface area contributed by atoms with E-state index >= 15 is 0 Å². The molecule has 0 spiro atoms. The Bertz CT molecular complexity index is 600. The molecule has 1 aromatic rings. The molecule has 1 saturated heterocycles. The lowest BCUT2D eigenvalue weighted by Crippen LogP contribution is -2.40. The Labute approximate surface area is 126 Å². The molecule has 0 amide bonds. The lowest BCUT2D eigenvalue weighted by molar-refractivity contribution is 0.283. The van der Waals surface area contributed by atoms with E-state index < -0.39 is 10.0 Å². The molecule has 0 aromatic heterocycles. The Balaban J connectivity index is 1.87. The molecule has 1 fully saturated rings. The predicted octanol–water partition coefficient (Wildman–Crippen LogP) is 2.81. The van der Waals surface area contributed by atoms with Gasteiger partial charge in [0, 0.05) is 19.0 Å². The summed E-state index contributed by atoms with van der Waals surface area (Å²) in [5.41, 5.74) is 2.51. The van der Waals surface area contributed by atoms with E-state index in [1.165, 1.54) is 11.1 Å². The van der Waals surface area contributed by atoms with E-state index in [1.54, 1.807) is 10.4 Å². The molecule has 1 aliphatic carbocycles. The first-order chi connectivity index (χ1) is 9.61. The molecule has 3 rings (SSSR count). The molecule has 5 heteroatoms. The van der Waals surface area contributed by atoms with Crippen molar-refractivity contribution in [3.8, 4) is 0 Å². The van der Waals surface area contributed by atoms with E-state index in [9.17, 15) is 8.42 Å². The highest BCUT2D eigenvalue weighted by Gasteiger charge is 2.30. The van der Waals surface area contributed by atoms with Crippen molar-refractivity contribution in [2.45, 2.75) is 37.0 Å². The first kappa shape index (κ1) is 14.4. The molecule has 0 N–H and O–H groups in total. The van der Waals surface area contributed by atoms with Gasteiger partial charge in [0.15, 0.2) is 0 Å². The molecule has 1 aliphatic heterocycles. The lowest BCUT2D eigenvalue weighted by atomic mass is 10.0. The first-order valence-electron chi connectivity index (χ1n) is 7.29. The first-order valence-corrected chi connectivity index (χ1v) is 9.26. The van der Waals surface area contributed by atoms with Crippen molar-refractivity contribution in [1.29, 1.82) is 0 Å². The molecule has 1 unspecified atom stereocenters. The predicted molar refractivity (Wildman–Crippen MR) is 80.7 cm³/mol. The number of rotatable bonds is 3. The number of nitrogens with zero attached hydrogens (tertiary/aromatic N) is 1. The second-order valence-electron chi connectivity index (χ2n) is 5.81. The summed E-state index contributed by atoms with van der Waals surface area (Å²) < 4.78 is 27.1. The number of fused-ring (bicyclic) bond motifs is 1. The van der Waals surface area contributed by atoms with Gasteiger partial charge in [-0.1, -0.05) is 6.07 Å². The van der Waals surface area contributed by atoms with E-state index in [-0.39, 0.29) is 5.92 Å². The van der Waals surface area contributed by atoms with Crippen LogP contribution in [0.2, 0.25) is 0 Å². The maximum absolute atomic E-state index is 12.7. The zero-order chi connectivity index (χ0) is 14.2. The standard InChI is InChI=1S/C15H20ClNO2S/c16-10-12-3-2-8-17(11-12)20(18,19)15-7-6-13-4-1-5-14(13)9-15/h6-7,9,12H,1-5,8,10-11H2. The van der Waals surface area contributed by atoms with Crippen molar-refractivity contribution >= 4 is 21.6 Å². The summed E-state index contributed by atoms with van der Waals surface area (Å²) in [7, 11) is -3.35. The van der Waals surface area contributed by atoms with Gasteiger partial charge in [0.05, 0.1) is 4.90 Å². The van der Waals surface area contributed by atoms with Crippen molar-refractivity contribution in [3.63, 3.8) is 0 Å². The van der Waals surface area contributed by atoms with Crippen LogP contribution in [0.25, 0.3) is 0 Å². The van der Waals surface area contributed by atoms with Crippen molar-refractivity contribution in [2.75, 3.05) is 19.0 Å².